The molecule has 6 nitrogen and oxygen atoms in total. The third kappa shape index (κ3) is 4.02. The molecule has 2 rings (SSSR count). The second-order valence-electron chi connectivity index (χ2n) is 5.50. The highest BCUT2D eigenvalue weighted by atomic mass is 16.5. The Labute approximate surface area is 141 Å². The normalized spacial score (nSPS) is 10.5. The maximum absolute atomic E-state index is 12.4. The molecule has 2 aromatic rings. The van der Waals surface area contributed by atoms with Gasteiger partial charge in [-0.3, -0.25) is 9.59 Å². The van der Waals surface area contributed by atoms with Crippen LogP contribution < -0.4 is 10.1 Å². The number of H-pyrrole nitrogens is 1. The first kappa shape index (κ1) is 17.7. The van der Waals surface area contributed by atoms with E-state index in [1.54, 1.807) is 45.2 Å². The Hall–Kier alpha value is -2.60. The summed E-state index contributed by atoms with van der Waals surface area (Å²) >= 11 is 0. The summed E-state index contributed by atoms with van der Waals surface area (Å²) in [5.41, 5.74) is 2.99. The lowest BCUT2D eigenvalue weighted by Crippen LogP contribution is -2.14. The molecule has 1 aromatic heterocycles. The van der Waals surface area contributed by atoms with E-state index < -0.39 is 0 Å². The van der Waals surface area contributed by atoms with E-state index in [4.69, 9.17) is 9.47 Å². The molecule has 0 fully saturated rings. The van der Waals surface area contributed by atoms with Crippen LogP contribution in [-0.2, 0) is 4.74 Å². The number of carbonyl (C=O) groups is 2. The number of ether oxygens (including phenoxy) is 2. The van der Waals surface area contributed by atoms with Crippen molar-refractivity contribution in [3.05, 3.63) is 46.8 Å². The number of carbonyl (C=O) groups excluding carboxylic acids is 2. The fourth-order valence-electron chi connectivity index (χ4n) is 2.58. The third-order valence-corrected chi connectivity index (χ3v) is 3.68. The Morgan fingerprint density at radius 2 is 1.79 bits per heavy atom. The Kier molecular flexibility index (Phi) is 5.76. The van der Waals surface area contributed by atoms with Gasteiger partial charge in [0.15, 0.2) is 5.78 Å². The van der Waals surface area contributed by atoms with E-state index in [0.29, 0.717) is 47.2 Å². The summed E-state index contributed by atoms with van der Waals surface area (Å²) in [4.78, 5) is 27.1. The summed E-state index contributed by atoms with van der Waals surface area (Å²) in [6, 6.07) is 7.08. The molecule has 0 aliphatic heterocycles. The maximum atomic E-state index is 12.4. The van der Waals surface area contributed by atoms with Crippen LogP contribution in [0.2, 0.25) is 0 Å². The Morgan fingerprint density at radius 1 is 1.12 bits per heavy atom. The zero-order valence-corrected chi connectivity index (χ0v) is 14.4. The smallest absolute Gasteiger partial charge is 0.272 e. The molecule has 24 heavy (non-hydrogen) atoms. The number of aryl methyl sites for hydroxylation is 1. The predicted octanol–water partition coefficient (Wildman–Crippen LogP) is 3.11. The topological polar surface area (TPSA) is 80.4 Å². The number of aromatic amines is 1. The molecule has 0 unspecified atom stereocenters. The van der Waals surface area contributed by atoms with Crippen molar-refractivity contribution in [2.75, 3.05) is 25.6 Å². The number of methoxy groups -OCH3 is 1. The van der Waals surface area contributed by atoms with Crippen LogP contribution in [0.4, 0.5) is 5.69 Å². The molecule has 2 N–H and O–H groups in total. The summed E-state index contributed by atoms with van der Waals surface area (Å²) in [5, 5.41) is 2.81. The SMILES string of the molecule is COCCOc1ccc(NC(=O)c2[nH]c(C)c(C(C)=O)c2C)cc1. The van der Waals surface area contributed by atoms with Gasteiger partial charge in [-0.2, -0.15) is 0 Å². The first-order valence-corrected chi connectivity index (χ1v) is 7.67. The van der Waals surface area contributed by atoms with Gasteiger partial charge in [-0.1, -0.05) is 0 Å². The molecule has 128 valence electrons. The molecule has 1 amide bonds. The first-order valence-electron chi connectivity index (χ1n) is 7.67. The summed E-state index contributed by atoms with van der Waals surface area (Å²) in [5.74, 6) is 0.366. The van der Waals surface area contributed by atoms with Gasteiger partial charge in [-0.05, 0) is 50.6 Å². The second kappa shape index (κ2) is 7.79. The van der Waals surface area contributed by atoms with Gasteiger partial charge in [0.1, 0.15) is 18.1 Å². The monoisotopic (exact) mass is 330 g/mol. The maximum Gasteiger partial charge on any atom is 0.272 e. The van der Waals surface area contributed by atoms with Gasteiger partial charge in [-0.15, -0.1) is 0 Å². The highest BCUT2D eigenvalue weighted by Crippen LogP contribution is 2.21. The van der Waals surface area contributed by atoms with Crippen molar-refractivity contribution in [3.8, 4) is 5.75 Å². The fraction of sp³-hybridized carbons (Fsp3) is 0.333. The van der Waals surface area contributed by atoms with Crippen molar-refractivity contribution in [1.82, 2.24) is 4.98 Å². The quantitative estimate of drug-likeness (QED) is 0.604. The van der Waals surface area contributed by atoms with Crippen LogP contribution >= 0.6 is 0 Å². The molecule has 1 heterocycles. The van der Waals surface area contributed by atoms with E-state index in [-0.39, 0.29) is 11.7 Å². The molecule has 0 aliphatic rings. The molecule has 1 aromatic carbocycles. The first-order chi connectivity index (χ1) is 11.4. The van der Waals surface area contributed by atoms with Crippen LogP contribution in [0.1, 0.15) is 39.0 Å². The Balaban J connectivity index is 2.07. The molecule has 0 saturated carbocycles. The van der Waals surface area contributed by atoms with E-state index in [0.717, 1.165) is 0 Å². The molecule has 0 radical (unpaired) electrons. The van der Waals surface area contributed by atoms with E-state index in [2.05, 4.69) is 10.3 Å². The van der Waals surface area contributed by atoms with Gasteiger partial charge in [-0.25, -0.2) is 0 Å². The number of ketones is 1. The van der Waals surface area contributed by atoms with E-state index in [1.165, 1.54) is 6.92 Å². The summed E-state index contributed by atoms with van der Waals surface area (Å²) in [7, 11) is 1.61. The largest absolute Gasteiger partial charge is 0.491 e. The van der Waals surface area contributed by atoms with Crippen LogP contribution in [0.3, 0.4) is 0 Å². The van der Waals surface area contributed by atoms with Gasteiger partial charge >= 0.3 is 0 Å². The Morgan fingerprint density at radius 3 is 2.33 bits per heavy atom. The zero-order chi connectivity index (χ0) is 17.7. The number of anilines is 1. The average molecular weight is 330 g/mol. The van der Waals surface area contributed by atoms with Gasteiger partial charge in [0.2, 0.25) is 0 Å². The lowest BCUT2D eigenvalue weighted by atomic mass is 10.1. The number of hydrogen-bond acceptors (Lipinski definition) is 4. The van der Waals surface area contributed by atoms with E-state index in [9.17, 15) is 9.59 Å². The molecule has 0 atom stereocenters. The van der Waals surface area contributed by atoms with Gasteiger partial charge in [0, 0.05) is 24.1 Å². The molecule has 0 spiro atoms. The number of amides is 1. The van der Waals surface area contributed by atoms with Crippen molar-refractivity contribution in [2.45, 2.75) is 20.8 Å². The summed E-state index contributed by atoms with van der Waals surface area (Å²) < 4.78 is 10.4. The minimum atomic E-state index is -0.281. The van der Waals surface area contributed by atoms with E-state index >= 15 is 0 Å². The number of Topliss-reactive ketones (excluding diaryl/α,β-unsaturated/α-hetero) is 1. The molecule has 6 heteroatoms. The van der Waals surface area contributed by atoms with E-state index in [1.807, 2.05) is 0 Å². The van der Waals surface area contributed by atoms with Crippen molar-refractivity contribution in [2.24, 2.45) is 0 Å². The van der Waals surface area contributed by atoms with Crippen LogP contribution in [0.5, 0.6) is 5.75 Å². The highest BCUT2D eigenvalue weighted by Gasteiger charge is 2.19. The van der Waals surface area contributed by atoms with Crippen LogP contribution in [-0.4, -0.2) is 37.0 Å². The molecular weight excluding hydrogens is 308 g/mol. The Bertz CT molecular complexity index is 732. The van der Waals surface area contributed by atoms with Gasteiger partial charge < -0.3 is 19.8 Å². The minimum absolute atomic E-state index is 0.0575. The number of rotatable bonds is 7. The zero-order valence-electron chi connectivity index (χ0n) is 14.4. The highest BCUT2D eigenvalue weighted by molar-refractivity contribution is 6.07. The number of aromatic nitrogens is 1. The van der Waals surface area contributed by atoms with Crippen molar-refractivity contribution < 1.29 is 19.1 Å². The van der Waals surface area contributed by atoms with Gasteiger partial charge in [0.25, 0.3) is 5.91 Å². The van der Waals surface area contributed by atoms with Crippen LogP contribution in [0.25, 0.3) is 0 Å². The third-order valence-electron chi connectivity index (χ3n) is 3.68. The number of benzene rings is 1. The molecule has 0 aliphatic carbocycles. The van der Waals surface area contributed by atoms with Crippen LogP contribution in [0, 0.1) is 13.8 Å². The summed E-state index contributed by atoms with van der Waals surface area (Å²) in [6.07, 6.45) is 0. The fourth-order valence-corrected chi connectivity index (χ4v) is 2.58. The summed E-state index contributed by atoms with van der Waals surface area (Å²) in [6.45, 7) is 6.03. The number of hydrogen-bond donors (Lipinski definition) is 2. The van der Waals surface area contributed by atoms with Crippen molar-refractivity contribution in [1.29, 1.82) is 0 Å². The second-order valence-corrected chi connectivity index (χ2v) is 5.50. The van der Waals surface area contributed by atoms with Gasteiger partial charge in [0.05, 0.1) is 6.61 Å². The minimum Gasteiger partial charge on any atom is -0.491 e. The lowest BCUT2D eigenvalue weighted by molar-refractivity contribution is 0.101. The van der Waals surface area contributed by atoms with Crippen molar-refractivity contribution >= 4 is 17.4 Å². The molecule has 0 bridgehead atoms. The standard InChI is InChI=1S/C18H22N2O4/c1-11-16(13(3)21)12(2)19-17(11)18(22)20-14-5-7-15(8-6-14)24-10-9-23-4/h5-8,19H,9-10H2,1-4H3,(H,20,22). The van der Waals surface area contributed by atoms with Crippen LogP contribution in [0.15, 0.2) is 24.3 Å². The molecular formula is C18H22N2O4. The number of nitrogens with one attached hydrogen (secondary N) is 2. The predicted molar refractivity (Wildman–Crippen MR) is 92.0 cm³/mol. The average Bonchev–Trinajstić information content (AvgIpc) is 2.84. The van der Waals surface area contributed by atoms with Crippen molar-refractivity contribution in [3.63, 3.8) is 0 Å². The lowest BCUT2D eigenvalue weighted by Gasteiger charge is -2.08. The molecule has 0 saturated heterocycles.